The quantitative estimate of drug-likeness (QED) is 0.498. The van der Waals surface area contributed by atoms with Crippen LogP contribution in [0.3, 0.4) is 0 Å². The Labute approximate surface area is 132 Å². The van der Waals surface area contributed by atoms with Gasteiger partial charge in [0.25, 0.3) is 0 Å². The molecule has 1 aromatic rings. The first kappa shape index (κ1) is 17.7. The summed E-state index contributed by atoms with van der Waals surface area (Å²) in [6, 6.07) is 3.71. The Bertz CT molecular complexity index is 454. The maximum atomic E-state index is 5.76. The lowest BCUT2D eigenvalue weighted by Crippen LogP contribution is -2.45. The average Bonchev–Trinajstić information content (AvgIpc) is 2.43. The molecule has 2 N–H and O–H groups in total. The van der Waals surface area contributed by atoms with Gasteiger partial charge in [0.2, 0.25) is 0 Å². The predicted octanol–water partition coefficient (Wildman–Crippen LogP) is 2.46. The van der Waals surface area contributed by atoms with Gasteiger partial charge in [-0.05, 0) is 17.0 Å². The highest BCUT2D eigenvalue weighted by atomic mass is 35.5. The molecule has 1 atom stereocenters. The lowest BCUT2D eigenvalue weighted by molar-refractivity contribution is 0.0205. The summed E-state index contributed by atoms with van der Waals surface area (Å²) < 4.78 is 5.52. The van der Waals surface area contributed by atoms with Crippen LogP contribution in [0.2, 0.25) is 5.15 Å². The van der Waals surface area contributed by atoms with E-state index in [1.807, 2.05) is 6.07 Å². The number of nitrogens with zero attached hydrogens (tertiary/aromatic N) is 2. The number of halogens is 1. The summed E-state index contributed by atoms with van der Waals surface area (Å²) in [4.78, 5) is 8.25. The van der Waals surface area contributed by atoms with Crippen LogP contribution in [0.15, 0.2) is 23.3 Å². The molecular formula is C15H25ClN4O. The molecule has 1 heterocycles. The van der Waals surface area contributed by atoms with E-state index in [1.165, 1.54) is 0 Å². The summed E-state index contributed by atoms with van der Waals surface area (Å²) in [6.07, 6.45) is 1.85. The van der Waals surface area contributed by atoms with Gasteiger partial charge >= 0.3 is 0 Å². The molecule has 6 heteroatoms. The fourth-order valence-corrected chi connectivity index (χ4v) is 1.96. The molecule has 0 bridgehead atoms. The Balaban J connectivity index is 2.47. The molecule has 0 fully saturated rings. The van der Waals surface area contributed by atoms with Crippen molar-refractivity contribution in [1.29, 1.82) is 0 Å². The van der Waals surface area contributed by atoms with E-state index < -0.39 is 0 Å². The third-order valence-corrected chi connectivity index (χ3v) is 3.40. The summed E-state index contributed by atoms with van der Waals surface area (Å²) in [7, 11) is 3.47. The highest BCUT2D eigenvalue weighted by Gasteiger charge is 2.24. The lowest BCUT2D eigenvalue weighted by atomic mass is 9.89. The van der Waals surface area contributed by atoms with Gasteiger partial charge in [-0.2, -0.15) is 0 Å². The van der Waals surface area contributed by atoms with Crippen LogP contribution in [0.5, 0.6) is 0 Å². The number of guanidine groups is 1. The van der Waals surface area contributed by atoms with Crippen LogP contribution in [0.1, 0.15) is 26.3 Å². The van der Waals surface area contributed by atoms with Gasteiger partial charge in [0.05, 0.1) is 6.10 Å². The van der Waals surface area contributed by atoms with Gasteiger partial charge in [0.15, 0.2) is 5.96 Å². The van der Waals surface area contributed by atoms with Gasteiger partial charge in [-0.15, -0.1) is 0 Å². The molecule has 0 saturated carbocycles. The van der Waals surface area contributed by atoms with Crippen LogP contribution in [-0.2, 0) is 11.3 Å². The first-order valence-electron chi connectivity index (χ1n) is 6.94. The van der Waals surface area contributed by atoms with Crippen molar-refractivity contribution >= 4 is 17.6 Å². The molecule has 5 nitrogen and oxygen atoms in total. The van der Waals surface area contributed by atoms with Crippen molar-refractivity contribution in [3.05, 3.63) is 29.0 Å². The zero-order valence-electron chi connectivity index (χ0n) is 13.4. The Hall–Kier alpha value is -1.33. The van der Waals surface area contributed by atoms with E-state index in [4.69, 9.17) is 16.3 Å². The zero-order chi connectivity index (χ0) is 15.9. The average molecular weight is 313 g/mol. The van der Waals surface area contributed by atoms with Gasteiger partial charge in [0, 0.05) is 33.4 Å². The Kier molecular flexibility index (Phi) is 6.92. The number of aliphatic imine (C=N–C) groups is 1. The van der Waals surface area contributed by atoms with Crippen molar-refractivity contribution in [2.75, 3.05) is 20.7 Å². The Morgan fingerprint density at radius 2 is 2.10 bits per heavy atom. The second-order valence-electron chi connectivity index (χ2n) is 5.89. The molecule has 1 rings (SSSR count). The second kappa shape index (κ2) is 8.20. The molecule has 0 spiro atoms. The molecule has 0 saturated heterocycles. The van der Waals surface area contributed by atoms with E-state index in [0.717, 1.165) is 11.5 Å². The van der Waals surface area contributed by atoms with Gasteiger partial charge in [0.1, 0.15) is 5.15 Å². The first-order chi connectivity index (χ1) is 9.86. The molecule has 0 aliphatic heterocycles. The lowest BCUT2D eigenvalue weighted by Gasteiger charge is -2.30. The van der Waals surface area contributed by atoms with Crippen molar-refractivity contribution in [1.82, 2.24) is 15.6 Å². The minimum Gasteiger partial charge on any atom is -0.379 e. The van der Waals surface area contributed by atoms with Crippen molar-refractivity contribution in [2.45, 2.75) is 33.4 Å². The summed E-state index contributed by atoms with van der Waals surface area (Å²) in [6.45, 7) is 7.78. The van der Waals surface area contributed by atoms with Crippen molar-refractivity contribution < 1.29 is 4.74 Å². The zero-order valence-corrected chi connectivity index (χ0v) is 14.2. The molecule has 1 unspecified atom stereocenters. The standard InChI is InChI=1S/C15H25ClN4O/c1-15(2,3)12(21-5)10-20-14(17-4)19-9-11-6-7-13(16)18-8-11/h6-8,12H,9-10H2,1-5H3,(H2,17,19,20). The van der Waals surface area contributed by atoms with Crippen LogP contribution in [0.25, 0.3) is 0 Å². The van der Waals surface area contributed by atoms with Gasteiger partial charge < -0.3 is 15.4 Å². The largest absolute Gasteiger partial charge is 0.379 e. The molecule has 21 heavy (non-hydrogen) atoms. The van der Waals surface area contributed by atoms with Crippen molar-refractivity contribution in [2.24, 2.45) is 10.4 Å². The minimum atomic E-state index is 0.0701. The number of hydrogen-bond donors (Lipinski definition) is 2. The van der Waals surface area contributed by atoms with Crippen LogP contribution >= 0.6 is 11.6 Å². The number of nitrogens with one attached hydrogen (secondary N) is 2. The number of hydrogen-bond acceptors (Lipinski definition) is 3. The molecule has 0 aliphatic carbocycles. The van der Waals surface area contributed by atoms with Gasteiger partial charge in [-0.1, -0.05) is 38.4 Å². The van der Waals surface area contributed by atoms with E-state index in [9.17, 15) is 0 Å². The third kappa shape index (κ3) is 6.31. The Morgan fingerprint density at radius 3 is 2.57 bits per heavy atom. The summed E-state index contributed by atoms with van der Waals surface area (Å²) >= 11 is 5.76. The number of ether oxygens (including phenoxy) is 1. The fraction of sp³-hybridized carbons (Fsp3) is 0.600. The van der Waals surface area contributed by atoms with E-state index >= 15 is 0 Å². The van der Waals surface area contributed by atoms with Crippen LogP contribution in [0, 0.1) is 5.41 Å². The Morgan fingerprint density at radius 1 is 1.38 bits per heavy atom. The maximum absolute atomic E-state index is 5.76. The highest BCUT2D eigenvalue weighted by molar-refractivity contribution is 6.29. The molecular weight excluding hydrogens is 288 g/mol. The van der Waals surface area contributed by atoms with E-state index in [1.54, 1.807) is 26.4 Å². The van der Waals surface area contributed by atoms with Crippen LogP contribution in [0.4, 0.5) is 0 Å². The minimum absolute atomic E-state index is 0.0701. The normalized spacial score (nSPS) is 13.9. The molecule has 0 aliphatic rings. The van der Waals surface area contributed by atoms with E-state index in [0.29, 0.717) is 18.2 Å². The SMILES string of the molecule is CN=C(NCc1ccc(Cl)nc1)NCC(OC)C(C)(C)C. The first-order valence-corrected chi connectivity index (χ1v) is 7.32. The predicted molar refractivity (Wildman–Crippen MR) is 87.7 cm³/mol. The molecule has 1 aromatic heterocycles. The van der Waals surface area contributed by atoms with Crippen LogP contribution < -0.4 is 10.6 Å². The van der Waals surface area contributed by atoms with Crippen LogP contribution in [-0.4, -0.2) is 37.7 Å². The third-order valence-electron chi connectivity index (χ3n) is 3.18. The van der Waals surface area contributed by atoms with Crippen molar-refractivity contribution in [3.8, 4) is 0 Å². The van der Waals surface area contributed by atoms with E-state index in [-0.39, 0.29) is 11.5 Å². The summed E-state index contributed by atoms with van der Waals surface area (Å²) in [5.74, 6) is 0.733. The second-order valence-corrected chi connectivity index (χ2v) is 6.27. The summed E-state index contributed by atoms with van der Waals surface area (Å²) in [5, 5.41) is 7.01. The number of methoxy groups -OCH3 is 1. The van der Waals surface area contributed by atoms with E-state index in [2.05, 4.69) is 41.4 Å². The number of rotatable bonds is 5. The van der Waals surface area contributed by atoms with Gasteiger partial charge in [-0.3, -0.25) is 4.99 Å². The molecule has 0 radical (unpaired) electrons. The number of pyridine rings is 1. The summed E-state index contributed by atoms with van der Waals surface area (Å²) in [5.41, 5.74) is 1.11. The molecule has 118 valence electrons. The smallest absolute Gasteiger partial charge is 0.191 e. The topological polar surface area (TPSA) is 58.5 Å². The maximum Gasteiger partial charge on any atom is 0.191 e. The monoisotopic (exact) mass is 312 g/mol. The highest BCUT2D eigenvalue weighted by Crippen LogP contribution is 2.20. The molecule has 0 amide bonds. The molecule has 0 aromatic carbocycles. The fourth-order valence-electron chi connectivity index (χ4n) is 1.85. The van der Waals surface area contributed by atoms with Crippen molar-refractivity contribution in [3.63, 3.8) is 0 Å². The number of aromatic nitrogens is 1. The van der Waals surface area contributed by atoms with Gasteiger partial charge in [-0.25, -0.2) is 4.98 Å².